The van der Waals surface area contributed by atoms with Gasteiger partial charge in [-0.2, -0.15) is 18.4 Å². The predicted molar refractivity (Wildman–Crippen MR) is 122 cm³/mol. The smallest absolute Gasteiger partial charge is 0.356 e. The van der Waals surface area contributed by atoms with E-state index >= 15 is 0 Å². The van der Waals surface area contributed by atoms with Gasteiger partial charge >= 0.3 is 12.1 Å². The first-order valence-electron chi connectivity index (χ1n) is 12.5. The van der Waals surface area contributed by atoms with E-state index in [-0.39, 0.29) is 25.2 Å². The maximum Gasteiger partial charge on any atom is 0.471 e. The van der Waals surface area contributed by atoms with Crippen LogP contribution in [0, 0.1) is 28.6 Å². The molecular weight excluding hydrogens is 517 g/mol. The Kier molecular flexibility index (Phi) is 8.29. The number of alkyl halides is 5. The van der Waals surface area contributed by atoms with Gasteiger partial charge in [0.15, 0.2) is 0 Å². The molecule has 212 valence electrons. The first-order chi connectivity index (χ1) is 17.5. The summed E-state index contributed by atoms with van der Waals surface area (Å²) in [6, 6.07) is -4.06. The monoisotopic (exact) mass is 549 g/mol. The molecule has 4 amide bonds. The number of nitrogens with zero attached hydrogens (tertiary/aromatic N) is 2. The Morgan fingerprint density at radius 3 is 2.34 bits per heavy atom. The number of amides is 4. The van der Waals surface area contributed by atoms with Crippen molar-refractivity contribution in [2.75, 3.05) is 6.54 Å². The van der Waals surface area contributed by atoms with Crippen LogP contribution >= 0.6 is 0 Å². The average molecular weight is 550 g/mol. The minimum absolute atomic E-state index is 0.0640. The summed E-state index contributed by atoms with van der Waals surface area (Å²) in [7, 11) is 0. The van der Waals surface area contributed by atoms with Crippen molar-refractivity contribution >= 4 is 23.6 Å². The lowest BCUT2D eigenvalue weighted by atomic mass is 9.70. The van der Waals surface area contributed by atoms with Gasteiger partial charge < -0.3 is 20.9 Å². The third-order valence-electron chi connectivity index (χ3n) is 7.50. The first-order valence-corrected chi connectivity index (χ1v) is 12.5. The van der Waals surface area contributed by atoms with Crippen molar-refractivity contribution in [1.29, 1.82) is 5.26 Å². The SMILES string of the molecule is CC(C)(C)[C@H](NC(=O)C(F)(F)F)C(=O)N1[C@H]2CC[C@@H]([C@H]1C(=O)N[C@@H](C#N)C[C@H]1CCCNC1=O)C(F)(F)C2. The Labute approximate surface area is 216 Å². The van der Waals surface area contributed by atoms with Crippen LogP contribution in [0.15, 0.2) is 0 Å². The first kappa shape index (κ1) is 29.6. The summed E-state index contributed by atoms with van der Waals surface area (Å²) in [6.07, 6.45) is -5.00. The van der Waals surface area contributed by atoms with E-state index in [1.54, 1.807) is 5.32 Å². The summed E-state index contributed by atoms with van der Waals surface area (Å²) in [5, 5.41) is 16.3. The highest BCUT2D eigenvalue weighted by atomic mass is 19.4. The number of nitrogens with one attached hydrogen (secondary N) is 3. The molecule has 3 heterocycles. The number of fused-ring (bicyclic) bond motifs is 3. The number of halogens is 5. The molecule has 2 bridgehead atoms. The van der Waals surface area contributed by atoms with Gasteiger partial charge in [0.1, 0.15) is 18.1 Å². The summed E-state index contributed by atoms with van der Waals surface area (Å²) in [5.74, 6) is -10.3. The van der Waals surface area contributed by atoms with E-state index < -0.39 is 77.7 Å². The van der Waals surface area contributed by atoms with Crippen LogP contribution in [0.2, 0.25) is 0 Å². The van der Waals surface area contributed by atoms with Gasteiger partial charge in [0.05, 0.1) is 12.0 Å². The molecular formula is C24H32F5N5O4. The highest BCUT2D eigenvalue weighted by molar-refractivity contribution is 5.94. The number of rotatable bonds is 6. The van der Waals surface area contributed by atoms with Gasteiger partial charge in [-0.25, -0.2) is 8.78 Å². The summed E-state index contributed by atoms with van der Waals surface area (Å²) in [4.78, 5) is 51.7. The van der Waals surface area contributed by atoms with Gasteiger partial charge in [0.2, 0.25) is 17.7 Å². The van der Waals surface area contributed by atoms with E-state index in [1.165, 1.54) is 20.8 Å². The second-order valence-electron chi connectivity index (χ2n) is 11.3. The zero-order valence-electron chi connectivity index (χ0n) is 21.3. The van der Waals surface area contributed by atoms with E-state index in [0.717, 1.165) is 4.90 Å². The Morgan fingerprint density at radius 2 is 1.82 bits per heavy atom. The minimum atomic E-state index is -5.29. The third-order valence-corrected chi connectivity index (χ3v) is 7.50. The zero-order valence-corrected chi connectivity index (χ0v) is 21.3. The van der Waals surface area contributed by atoms with Crippen molar-refractivity contribution in [2.24, 2.45) is 17.3 Å². The van der Waals surface area contributed by atoms with Gasteiger partial charge in [-0.1, -0.05) is 20.8 Å². The molecule has 4 fully saturated rings. The van der Waals surface area contributed by atoms with Crippen molar-refractivity contribution in [3.8, 4) is 6.07 Å². The van der Waals surface area contributed by atoms with E-state index in [2.05, 4.69) is 10.6 Å². The van der Waals surface area contributed by atoms with Crippen molar-refractivity contribution in [3.63, 3.8) is 0 Å². The standard InChI is InChI=1S/C24H32F5N5O4/c1-22(2,3)17(33-21(38)24(27,28)29)20(37)34-14-6-7-15(23(25,26)10-14)16(34)19(36)32-13(11-30)9-12-5-4-8-31-18(12)35/h12-17H,4-10H2,1-3H3,(H,31,35)(H,32,36)(H,33,38)/t12-,13-,14+,15+,16+,17-/m1/s1. The largest absolute Gasteiger partial charge is 0.471 e. The molecule has 0 aromatic rings. The predicted octanol–water partition coefficient (Wildman–Crippen LogP) is 2.02. The number of carbonyl (C=O) groups is 4. The quantitative estimate of drug-likeness (QED) is 0.437. The van der Waals surface area contributed by atoms with Gasteiger partial charge in [-0.05, 0) is 37.5 Å². The lowest BCUT2D eigenvalue weighted by Crippen LogP contribution is -2.71. The number of hydrogen-bond donors (Lipinski definition) is 3. The maximum atomic E-state index is 14.9. The molecule has 14 heteroatoms. The van der Waals surface area contributed by atoms with Gasteiger partial charge in [-0.3, -0.25) is 19.2 Å². The molecule has 3 aliphatic heterocycles. The molecule has 0 aromatic heterocycles. The van der Waals surface area contributed by atoms with Crippen molar-refractivity contribution in [3.05, 3.63) is 0 Å². The molecule has 0 radical (unpaired) electrons. The Morgan fingerprint density at radius 1 is 1.16 bits per heavy atom. The topological polar surface area (TPSA) is 131 Å². The fraction of sp³-hybridized carbons (Fsp3) is 0.792. The third kappa shape index (κ3) is 6.18. The molecule has 0 unspecified atom stereocenters. The highest BCUT2D eigenvalue weighted by Crippen LogP contribution is 2.49. The molecule has 4 aliphatic rings. The van der Waals surface area contributed by atoms with Crippen LogP contribution in [-0.4, -0.2) is 71.3 Å². The maximum absolute atomic E-state index is 14.9. The highest BCUT2D eigenvalue weighted by Gasteiger charge is 2.61. The fourth-order valence-electron chi connectivity index (χ4n) is 5.58. The normalized spacial score (nSPS) is 28.5. The van der Waals surface area contributed by atoms with Crippen LogP contribution in [0.5, 0.6) is 0 Å². The molecule has 1 saturated carbocycles. The van der Waals surface area contributed by atoms with Crippen LogP contribution in [0.4, 0.5) is 22.0 Å². The molecule has 38 heavy (non-hydrogen) atoms. The number of hydrogen-bond acceptors (Lipinski definition) is 5. The van der Waals surface area contributed by atoms with Crippen molar-refractivity contribution in [1.82, 2.24) is 20.9 Å². The second-order valence-corrected chi connectivity index (χ2v) is 11.3. The molecule has 0 aromatic carbocycles. The van der Waals surface area contributed by atoms with E-state index in [0.29, 0.717) is 19.4 Å². The summed E-state index contributed by atoms with van der Waals surface area (Å²) >= 11 is 0. The van der Waals surface area contributed by atoms with E-state index in [1.807, 2.05) is 6.07 Å². The molecule has 3 N–H and O–H groups in total. The number of carbonyl (C=O) groups excluding carboxylic acids is 4. The van der Waals surface area contributed by atoms with Crippen LogP contribution in [0.3, 0.4) is 0 Å². The van der Waals surface area contributed by atoms with Crippen LogP contribution in [0.25, 0.3) is 0 Å². The lowest BCUT2D eigenvalue weighted by molar-refractivity contribution is -0.197. The Balaban J connectivity index is 1.90. The van der Waals surface area contributed by atoms with Gasteiger partial charge in [0, 0.05) is 24.9 Å². The van der Waals surface area contributed by atoms with E-state index in [4.69, 9.17) is 0 Å². The van der Waals surface area contributed by atoms with Crippen LogP contribution in [-0.2, 0) is 19.2 Å². The van der Waals surface area contributed by atoms with E-state index in [9.17, 15) is 46.4 Å². The fourth-order valence-corrected chi connectivity index (χ4v) is 5.58. The number of piperidine rings is 3. The molecule has 0 spiro atoms. The minimum Gasteiger partial charge on any atom is -0.356 e. The van der Waals surface area contributed by atoms with Crippen LogP contribution in [0.1, 0.15) is 59.3 Å². The second kappa shape index (κ2) is 10.6. The Bertz CT molecular complexity index is 1010. The Hall–Kier alpha value is -2.98. The summed E-state index contributed by atoms with van der Waals surface area (Å²) in [5.41, 5.74) is -1.26. The van der Waals surface area contributed by atoms with Crippen molar-refractivity contribution < 1.29 is 41.1 Å². The molecule has 1 aliphatic carbocycles. The lowest BCUT2D eigenvalue weighted by Gasteiger charge is -2.55. The van der Waals surface area contributed by atoms with Gasteiger partial charge in [-0.15, -0.1) is 0 Å². The molecule has 6 atom stereocenters. The average Bonchev–Trinajstić information content (AvgIpc) is 2.80. The van der Waals surface area contributed by atoms with Crippen molar-refractivity contribution in [2.45, 2.75) is 95.6 Å². The molecule has 9 nitrogen and oxygen atoms in total. The van der Waals surface area contributed by atoms with Crippen LogP contribution < -0.4 is 16.0 Å². The molecule has 3 saturated heterocycles. The zero-order chi connectivity index (χ0) is 28.6. The summed E-state index contributed by atoms with van der Waals surface area (Å²) < 4.78 is 68.9. The molecule has 4 rings (SSSR count). The van der Waals surface area contributed by atoms with Gasteiger partial charge in [0.25, 0.3) is 5.92 Å². The summed E-state index contributed by atoms with van der Waals surface area (Å²) in [6.45, 7) is 4.69. The number of nitriles is 1.